The van der Waals surface area contributed by atoms with Gasteiger partial charge in [0, 0.05) is 12.6 Å². The molecule has 2 heterocycles. The van der Waals surface area contributed by atoms with Crippen molar-refractivity contribution in [3.63, 3.8) is 0 Å². The van der Waals surface area contributed by atoms with Gasteiger partial charge in [-0.3, -0.25) is 0 Å². The molecule has 0 aliphatic carbocycles. The Morgan fingerprint density at radius 2 is 2.29 bits per heavy atom. The summed E-state index contributed by atoms with van der Waals surface area (Å²) in [5, 5.41) is 4.22. The van der Waals surface area contributed by atoms with Crippen LogP contribution in [0.25, 0.3) is 5.82 Å². The molecule has 2 aromatic heterocycles. The van der Waals surface area contributed by atoms with E-state index < -0.39 is 0 Å². The van der Waals surface area contributed by atoms with Crippen LogP contribution in [0.15, 0.2) is 24.4 Å². The van der Waals surface area contributed by atoms with E-state index in [9.17, 15) is 0 Å². The Hall–Kier alpha value is -1.91. The van der Waals surface area contributed by atoms with Crippen molar-refractivity contribution in [1.29, 1.82) is 0 Å². The van der Waals surface area contributed by atoms with E-state index in [0.29, 0.717) is 11.8 Å². The summed E-state index contributed by atoms with van der Waals surface area (Å²) in [4.78, 5) is 8.23. The number of anilines is 1. The molecule has 72 valence electrons. The minimum Gasteiger partial charge on any atom is -0.368 e. The van der Waals surface area contributed by atoms with E-state index in [1.165, 1.54) is 0 Å². The number of nitrogen functional groups attached to an aromatic ring is 1. The van der Waals surface area contributed by atoms with Gasteiger partial charge in [-0.1, -0.05) is 13.0 Å². The van der Waals surface area contributed by atoms with E-state index in [1.807, 2.05) is 25.1 Å². The molecule has 2 N–H and O–H groups in total. The van der Waals surface area contributed by atoms with Gasteiger partial charge in [0.15, 0.2) is 11.6 Å². The molecule has 2 aromatic rings. The Bertz CT molecular complexity index is 420. The smallest absolute Gasteiger partial charge is 0.225 e. The van der Waals surface area contributed by atoms with Crippen LogP contribution in [0.4, 0.5) is 5.95 Å². The van der Waals surface area contributed by atoms with Crippen molar-refractivity contribution in [2.45, 2.75) is 13.3 Å². The Labute approximate surface area is 81.6 Å². The normalized spacial score (nSPS) is 10.4. The molecule has 0 amide bonds. The maximum atomic E-state index is 5.70. The summed E-state index contributed by atoms with van der Waals surface area (Å²) >= 11 is 0. The summed E-state index contributed by atoms with van der Waals surface area (Å²) in [7, 11) is 0. The van der Waals surface area contributed by atoms with E-state index in [0.717, 1.165) is 12.2 Å². The van der Waals surface area contributed by atoms with E-state index in [-0.39, 0.29) is 0 Å². The molecule has 0 bridgehead atoms. The lowest BCUT2D eigenvalue weighted by Crippen LogP contribution is -2.03. The molecule has 0 radical (unpaired) electrons. The van der Waals surface area contributed by atoms with E-state index in [1.54, 1.807) is 10.9 Å². The minimum atomic E-state index is 0.376. The zero-order valence-corrected chi connectivity index (χ0v) is 7.88. The van der Waals surface area contributed by atoms with Crippen LogP contribution in [0.2, 0.25) is 0 Å². The van der Waals surface area contributed by atoms with Gasteiger partial charge < -0.3 is 5.73 Å². The fourth-order valence-electron chi connectivity index (χ4n) is 1.17. The first kappa shape index (κ1) is 8.68. The fraction of sp³-hybridized carbons (Fsp3) is 0.222. The van der Waals surface area contributed by atoms with Crippen molar-refractivity contribution in [3.8, 4) is 5.82 Å². The van der Waals surface area contributed by atoms with Crippen LogP contribution in [0, 0.1) is 0 Å². The second kappa shape index (κ2) is 3.45. The van der Waals surface area contributed by atoms with Crippen LogP contribution < -0.4 is 5.73 Å². The van der Waals surface area contributed by atoms with Gasteiger partial charge in [0.05, 0.1) is 0 Å². The number of aromatic nitrogens is 4. The third kappa shape index (κ3) is 1.44. The minimum absolute atomic E-state index is 0.376. The highest BCUT2D eigenvalue weighted by Crippen LogP contribution is 2.07. The number of hydrogen-bond acceptors (Lipinski definition) is 4. The van der Waals surface area contributed by atoms with Crippen LogP contribution >= 0.6 is 0 Å². The molecule has 0 saturated carbocycles. The fourth-order valence-corrected chi connectivity index (χ4v) is 1.17. The first-order valence-corrected chi connectivity index (χ1v) is 4.44. The number of rotatable bonds is 2. The van der Waals surface area contributed by atoms with Crippen LogP contribution in [0.1, 0.15) is 12.7 Å². The first-order valence-electron chi connectivity index (χ1n) is 4.44. The van der Waals surface area contributed by atoms with Crippen LogP contribution in [0.5, 0.6) is 0 Å². The highest BCUT2D eigenvalue weighted by Gasteiger charge is 2.06. The van der Waals surface area contributed by atoms with Crippen LogP contribution in [-0.2, 0) is 6.42 Å². The van der Waals surface area contributed by atoms with Gasteiger partial charge in [-0.2, -0.15) is 9.67 Å². The summed E-state index contributed by atoms with van der Waals surface area (Å²) < 4.78 is 1.54. The van der Waals surface area contributed by atoms with Gasteiger partial charge in [0.1, 0.15) is 0 Å². The molecule has 14 heavy (non-hydrogen) atoms. The topological polar surface area (TPSA) is 69.6 Å². The number of hydrogen-bond donors (Lipinski definition) is 1. The predicted molar refractivity (Wildman–Crippen MR) is 52.9 cm³/mol. The monoisotopic (exact) mass is 189 g/mol. The molecule has 0 saturated heterocycles. The SMILES string of the molecule is CCc1nc(N)n(-c2ccccn2)n1. The van der Waals surface area contributed by atoms with Crippen LogP contribution in [-0.4, -0.2) is 19.7 Å². The standard InChI is InChI=1S/C9H11N5/c1-2-7-12-9(10)14(13-7)8-5-3-4-6-11-8/h3-6H,2H2,1H3,(H2,10,12,13). The van der Waals surface area contributed by atoms with Crippen molar-refractivity contribution >= 4 is 5.95 Å². The molecule has 0 spiro atoms. The van der Waals surface area contributed by atoms with Gasteiger partial charge in [0.25, 0.3) is 0 Å². The second-order valence-corrected chi connectivity index (χ2v) is 2.84. The highest BCUT2D eigenvalue weighted by molar-refractivity contribution is 5.30. The summed E-state index contributed by atoms with van der Waals surface area (Å²) in [6.45, 7) is 1.98. The number of nitrogens with two attached hydrogens (primary N) is 1. The molecule has 0 aromatic carbocycles. The number of aryl methyl sites for hydroxylation is 1. The Balaban J connectivity index is 2.46. The van der Waals surface area contributed by atoms with Gasteiger partial charge in [-0.05, 0) is 12.1 Å². The summed E-state index contributed by atoms with van der Waals surface area (Å²) in [6.07, 6.45) is 2.46. The zero-order valence-electron chi connectivity index (χ0n) is 7.88. The van der Waals surface area contributed by atoms with Crippen LogP contribution in [0.3, 0.4) is 0 Å². The second-order valence-electron chi connectivity index (χ2n) is 2.84. The maximum Gasteiger partial charge on any atom is 0.225 e. The van der Waals surface area contributed by atoms with E-state index >= 15 is 0 Å². The Morgan fingerprint density at radius 1 is 1.43 bits per heavy atom. The van der Waals surface area contributed by atoms with Gasteiger partial charge in [-0.25, -0.2) is 4.98 Å². The third-order valence-electron chi connectivity index (χ3n) is 1.86. The third-order valence-corrected chi connectivity index (χ3v) is 1.86. The van der Waals surface area contributed by atoms with Crippen molar-refractivity contribution in [2.24, 2.45) is 0 Å². The summed E-state index contributed by atoms with van der Waals surface area (Å²) in [5.74, 6) is 1.80. The average Bonchev–Trinajstić information content (AvgIpc) is 2.61. The molecule has 2 rings (SSSR count). The van der Waals surface area contributed by atoms with E-state index in [4.69, 9.17) is 5.73 Å². The zero-order chi connectivity index (χ0) is 9.97. The average molecular weight is 189 g/mol. The predicted octanol–water partition coefficient (Wildman–Crippen LogP) is 0.807. The van der Waals surface area contributed by atoms with Crippen molar-refractivity contribution in [1.82, 2.24) is 19.7 Å². The molecule has 0 fully saturated rings. The van der Waals surface area contributed by atoms with Crippen molar-refractivity contribution in [3.05, 3.63) is 30.2 Å². The molecule has 0 atom stereocenters. The molecular weight excluding hydrogens is 178 g/mol. The maximum absolute atomic E-state index is 5.70. The summed E-state index contributed by atoms with van der Waals surface area (Å²) in [6, 6.07) is 5.57. The molecule has 0 aliphatic heterocycles. The number of nitrogens with zero attached hydrogens (tertiary/aromatic N) is 4. The molecule has 0 unspecified atom stereocenters. The lowest BCUT2D eigenvalue weighted by molar-refractivity contribution is 0.822. The molecule has 5 nitrogen and oxygen atoms in total. The first-order chi connectivity index (χ1) is 6.81. The lowest BCUT2D eigenvalue weighted by atomic mass is 10.5. The quantitative estimate of drug-likeness (QED) is 0.758. The van der Waals surface area contributed by atoms with Gasteiger partial charge in [-0.15, -0.1) is 5.10 Å². The lowest BCUT2D eigenvalue weighted by Gasteiger charge is -1.98. The Morgan fingerprint density at radius 3 is 2.86 bits per heavy atom. The van der Waals surface area contributed by atoms with Gasteiger partial charge in [0.2, 0.25) is 5.95 Å². The number of pyridine rings is 1. The van der Waals surface area contributed by atoms with E-state index in [2.05, 4.69) is 15.1 Å². The summed E-state index contributed by atoms with van der Waals surface area (Å²) in [5.41, 5.74) is 5.70. The molecular formula is C9H11N5. The van der Waals surface area contributed by atoms with Crippen molar-refractivity contribution < 1.29 is 0 Å². The molecule has 0 aliphatic rings. The Kier molecular flexibility index (Phi) is 2.14. The van der Waals surface area contributed by atoms with Crippen molar-refractivity contribution in [2.75, 3.05) is 5.73 Å². The highest BCUT2D eigenvalue weighted by atomic mass is 15.4. The largest absolute Gasteiger partial charge is 0.368 e. The molecule has 5 heteroatoms. The van der Waals surface area contributed by atoms with Gasteiger partial charge >= 0.3 is 0 Å².